The molecular weight excluding hydrogens is 296 g/mol. The van der Waals surface area contributed by atoms with Gasteiger partial charge < -0.3 is 4.74 Å². The van der Waals surface area contributed by atoms with Gasteiger partial charge in [-0.15, -0.1) is 0 Å². The van der Waals surface area contributed by atoms with Crippen molar-refractivity contribution in [2.45, 2.75) is 31.8 Å². The van der Waals surface area contributed by atoms with Gasteiger partial charge in [-0.25, -0.2) is 0 Å². The maximum atomic E-state index is 11.5. The summed E-state index contributed by atoms with van der Waals surface area (Å²) in [6, 6.07) is 20.5. The molecule has 0 amide bonds. The molecule has 120 valence electrons. The fourth-order valence-corrected chi connectivity index (χ4v) is 3.54. The van der Waals surface area contributed by atoms with Crippen LogP contribution in [0.2, 0.25) is 0 Å². The number of ether oxygens (including phenoxy) is 1. The first-order chi connectivity index (χ1) is 11.8. The summed E-state index contributed by atoms with van der Waals surface area (Å²) >= 11 is 0. The molecule has 0 radical (unpaired) electrons. The van der Waals surface area contributed by atoms with E-state index in [1.54, 1.807) is 0 Å². The molecule has 0 aromatic heterocycles. The van der Waals surface area contributed by atoms with Crippen LogP contribution < -0.4 is 4.74 Å². The second-order valence-corrected chi connectivity index (χ2v) is 6.43. The molecule has 1 saturated carbocycles. The van der Waals surface area contributed by atoms with Crippen molar-refractivity contribution in [3.63, 3.8) is 0 Å². The van der Waals surface area contributed by atoms with Crippen LogP contribution in [0.15, 0.2) is 60.7 Å². The van der Waals surface area contributed by atoms with Crippen LogP contribution in [0.25, 0.3) is 21.9 Å². The minimum atomic E-state index is 0.227. The molecule has 1 aliphatic rings. The number of hydrogen-bond donors (Lipinski definition) is 0. The summed E-state index contributed by atoms with van der Waals surface area (Å²) in [6.07, 6.45) is 5.69. The van der Waals surface area contributed by atoms with Crippen molar-refractivity contribution < 1.29 is 9.53 Å². The molecular formula is C22H20O2. The Hall–Kier alpha value is -2.61. The molecule has 2 heteroatoms. The van der Waals surface area contributed by atoms with E-state index in [0.29, 0.717) is 5.56 Å². The lowest BCUT2D eigenvalue weighted by molar-refractivity contribution is 0.111. The monoisotopic (exact) mass is 316 g/mol. The summed E-state index contributed by atoms with van der Waals surface area (Å²) in [5.74, 6) is 0.731. The zero-order valence-electron chi connectivity index (χ0n) is 13.6. The first kappa shape index (κ1) is 14.9. The molecule has 0 N–H and O–H groups in total. The second kappa shape index (κ2) is 6.48. The van der Waals surface area contributed by atoms with Gasteiger partial charge in [0.1, 0.15) is 5.75 Å². The summed E-state index contributed by atoms with van der Waals surface area (Å²) in [7, 11) is 0. The number of para-hydroxylation sites is 1. The SMILES string of the molecule is O=Cc1cccc(-c2ccc3ccccc3c2)c1OC1CCCC1. The molecule has 4 rings (SSSR count). The molecule has 0 unspecified atom stereocenters. The predicted molar refractivity (Wildman–Crippen MR) is 97.7 cm³/mol. The lowest BCUT2D eigenvalue weighted by atomic mass is 9.98. The van der Waals surface area contributed by atoms with Crippen molar-refractivity contribution >= 4 is 17.1 Å². The Bertz CT molecular complexity index is 876. The van der Waals surface area contributed by atoms with Gasteiger partial charge in [0, 0.05) is 5.56 Å². The van der Waals surface area contributed by atoms with E-state index >= 15 is 0 Å². The van der Waals surface area contributed by atoms with Crippen LogP contribution in [0.3, 0.4) is 0 Å². The molecule has 0 atom stereocenters. The first-order valence-electron chi connectivity index (χ1n) is 8.59. The van der Waals surface area contributed by atoms with Crippen molar-refractivity contribution in [3.05, 3.63) is 66.2 Å². The van der Waals surface area contributed by atoms with Crippen LogP contribution in [0.5, 0.6) is 5.75 Å². The Morgan fingerprint density at radius 2 is 1.67 bits per heavy atom. The smallest absolute Gasteiger partial charge is 0.153 e. The average Bonchev–Trinajstić information content (AvgIpc) is 3.14. The standard InChI is InChI=1S/C22H20O2/c23-15-19-8-5-11-21(22(19)24-20-9-3-4-10-20)18-13-12-16-6-1-2-7-17(16)14-18/h1-2,5-8,11-15,20H,3-4,9-10H2. The van der Waals surface area contributed by atoms with Gasteiger partial charge in [-0.1, -0.05) is 48.5 Å². The molecule has 0 spiro atoms. The highest BCUT2D eigenvalue weighted by Gasteiger charge is 2.20. The lowest BCUT2D eigenvalue weighted by Crippen LogP contribution is -2.13. The van der Waals surface area contributed by atoms with Gasteiger partial charge in [-0.3, -0.25) is 4.79 Å². The number of fused-ring (bicyclic) bond motifs is 1. The van der Waals surface area contributed by atoms with Gasteiger partial charge in [-0.2, -0.15) is 0 Å². The van der Waals surface area contributed by atoms with Crippen LogP contribution in [-0.4, -0.2) is 12.4 Å². The van der Waals surface area contributed by atoms with E-state index < -0.39 is 0 Å². The van der Waals surface area contributed by atoms with E-state index in [-0.39, 0.29) is 6.10 Å². The molecule has 0 heterocycles. The summed E-state index contributed by atoms with van der Waals surface area (Å²) in [5.41, 5.74) is 2.72. The minimum absolute atomic E-state index is 0.227. The molecule has 3 aromatic carbocycles. The van der Waals surface area contributed by atoms with Crippen LogP contribution >= 0.6 is 0 Å². The third kappa shape index (κ3) is 2.80. The molecule has 3 aromatic rings. The quantitative estimate of drug-likeness (QED) is 0.582. The molecule has 1 fully saturated rings. The van der Waals surface area contributed by atoms with Gasteiger partial charge in [0.05, 0.1) is 11.7 Å². The maximum Gasteiger partial charge on any atom is 0.153 e. The number of rotatable bonds is 4. The molecule has 0 saturated heterocycles. The van der Waals surface area contributed by atoms with Crippen LogP contribution in [0, 0.1) is 0 Å². The van der Waals surface area contributed by atoms with E-state index in [1.807, 2.05) is 30.3 Å². The van der Waals surface area contributed by atoms with Gasteiger partial charge in [-0.05, 0) is 54.2 Å². The first-order valence-corrected chi connectivity index (χ1v) is 8.59. The Labute approximate surface area is 142 Å². The normalized spacial score (nSPS) is 14.8. The number of hydrogen-bond acceptors (Lipinski definition) is 2. The third-order valence-electron chi connectivity index (χ3n) is 4.82. The minimum Gasteiger partial charge on any atom is -0.489 e. The van der Waals surface area contributed by atoms with E-state index in [0.717, 1.165) is 36.0 Å². The van der Waals surface area contributed by atoms with E-state index in [1.165, 1.54) is 23.6 Å². The average molecular weight is 316 g/mol. The third-order valence-corrected chi connectivity index (χ3v) is 4.82. The number of aldehydes is 1. The molecule has 1 aliphatic carbocycles. The zero-order valence-corrected chi connectivity index (χ0v) is 13.6. The fraction of sp³-hybridized carbons (Fsp3) is 0.227. The fourth-order valence-electron chi connectivity index (χ4n) is 3.54. The number of carbonyl (C=O) groups is 1. The zero-order chi connectivity index (χ0) is 16.4. The Balaban J connectivity index is 1.81. The van der Waals surface area contributed by atoms with Crippen LogP contribution in [0.1, 0.15) is 36.0 Å². The number of benzene rings is 3. The van der Waals surface area contributed by atoms with Crippen molar-refractivity contribution in [2.24, 2.45) is 0 Å². The molecule has 0 aliphatic heterocycles. The molecule has 24 heavy (non-hydrogen) atoms. The maximum absolute atomic E-state index is 11.5. The predicted octanol–water partition coefficient (Wildman–Crippen LogP) is 5.64. The summed E-state index contributed by atoms with van der Waals surface area (Å²) < 4.78 is 6.26. The van der Waals surface area contributed by atoms with Gasteiger partial charge in [0.15, 0.2) is 6.29 Å². The highest BCUT2D eigenvalue weighted by atomic mass is 16.5. The van der Waals surface area contributed by atoms with Crippen molar-refractivity contribution in [1.82, 2.24) is 0 Å². The number of carbonyl (C=O) groups excluding carboxylic acids is 1. The largest absolute Gasteiger partial charge is 0.489 e. The highest BCUT2D eigenvalue weighted by molar-refractivity contribution is 5.91. The van der Waals surface area contributed by atoms with E-state index in [9.17, 15) is 4.79 Å². The van der Waals surface area contributed by atoms with Crippen molar-refractivity contribution in [2.75, 3.05) is 0 Å². The molecule has 0 bridgehead atoms. The van der Waals surface area contributed by atoms with Crippen molar-refractivity contribution in [1.29, 1.82) is 0 Å². The van der Waals surface area contributed by atoms with Crippen LogP contribution in [-0.2, 0) is 0 Å². The van der Waals surface area contributed by atoms with Gasteiger partial charge >= 0.3 is 0 Å². The van der Waals surface area contributed by atoms with Crippen LogP contribution in [0.4, 0.5) is 0 Å². The van der Waals surface area contributed by atoms with E-state index in [2.05, 4.69) is 30.3 Å². The van der Waals surface area contributed by atoms with Crippen molar-refractivity contribution in [3.8, 4) is 16.9 Å². The van der Waals surface area contributed by atoms with Gasteiger partial charge in [0.2, 0.25) is 0 Å². The topological polar surface area (TPSA) is 26.3 Å². The summed E-state index contributed by atoms with van der Waals surface area (Å²) in [6.45, 7) is 0. The van der Waals surface area contributed by atoms with Gasteiger partial charge in [0.25, 0.3) is 0 Å². The highest BCUT2D eigenvalue weighted by Crippen LogP contribution is 2.36. The van der Waals surface area contributed by atoms with E-state index in [4.69, 9.17) is 4.74 Å². The molecule has 2 nitrogen and oxygen atoms in total. The lowest BCUT2D eigenvalue weighted by Gasteiger charge is -2.18. The summed E-state index contributed by atoms with van der Waals surface area (Å²) in [4.78, 5) is 11.5. The second-order valence-electron chi connectivity index (χ2n) is 6.43. The Morgan fingerprint density at radius 1 is 0.875 bits per heavy atom. The summed E-state index contributed by atoms with van der Waals surface area (Å²) in [5, 5.41) is 2.41. The Kier molecular flexibility index (Phi) is 4.04. The Morgan fingerprint density at radius 3 is 2.46 bits per heavy atom.